The van der Waals surface area contributed by atoms with E-state index in [1.807, 2.05) is 11.4 Å². The Morgan fingerprint density at radius 1 is 1.15 bits per heavy atom. The monoisotopic (exact) mass is 461 g/mol. The Kier molecular flexibility index (Phi) is 6.19. The highest BCUT2D eigenvalue weighted by Crippen LogP contribution is 2.40. The van der Waals surface area contributed by atoms with Crippen molar-refractivity contribution in [1.82, 2.24) is 9.55 Å². The summed E-state index contributed by atoms with van der Waals surface area (Å²) in [5.74, 6) is 0.509. The summed E-state index contributed by atoms with van der Waals surface area (Å²) in [4.78, 5) is 30.0. The van der Waals surface area contributed by atoms with Crippen LogP contribution < -0.4 is 5.32 Å². The van der Waals surface area contributed by atoms with Crippen molar-refractivity contribution in [1.29, 1.82) is 0 Å². The van der Waals surface area contributed by atoms with Gasteiger partial charge >= 0.3 is 0 Å². The van der Waals surface area contributed by atoms with Crippen molar-refractivity contribution >= 4 is 28.2 Å². The second-order valence-corrected chi connectivity index (χ2v) is 10.5. The number of rotatable bonds is 6. The van der Waals surface area contributed by atoms with Gasteiger partial charge in [-0.05, 0) is 57.6 Å². The van der Waals surface area contributed by atoms with Gasteiger partial charge in [-0.1, -0.05) is 36.8 Å². The summed E-state index contributed by atoms with van der Waals surface area (Å²) in [5.41, 5.74) is 5.78. The van der Waals surface area contributed by atoms with Crippen LogP contribution in [0.4, 0.5) is 5.13 Å². The lowest BCUT2D eigenvalue weighted by atomic mass is 9.67. The van der Waals surface area contributed by atoms with Crippen molar-refractivity contribution in [2.75, 3.05) is 5.32 Å². The number of hydrogen-bond acceptors (Lipinski definition) is 4. The number of nitrogens with one attached hydrogen (secondary N) is 1. The predicted molar refractivity (Wildman–Crippen MR) is 132 cm³/mol. The van der Waals surface area contributed by atoms with Gasteiger partial charge in [0.05, 0.1) is 5.69 Å². The van der Waals surface area contributed by atoms with Crippen LogP contribution in [0, 0.1) is 31.6 Å². The van der Waals surface area contributed by atoms with Crippen LogP contribution in [0.2, 0.25) is 0 Å². The van der Waals surface area contributed by atoms with E-state index in [0.29, 0.717) is 23.8 Å². The van der Waals surface area contributed by atoms with E-state index in [-0.39, 0.29) is 23.7 Å². The van der Waals surface area contributed by atoms with Crippen LogP contribution in [0.5, 0.6) is 0 Å². The Balaban J connectivity index is 1.26. The molecular formula is C27H31N3O2S. The molecule has 33 heavy (non-hydrogen) atoms. The SMILES string of the molecule is Cc1cc(-c2csc(NC(=O)C3CC4CCCC(C3)C4=O)n2)c(C)n1CCc1ccccc1. The normalized spacial score (nSPS) is 22.4. The van der Waals surface area contributed by atoms with Gasteiger partial charge in [0.15, 0.2) is 5.13 Å². The summed E-state index contributed by atoms with van der Waals surface area (Å²) >= 11 is 1.47. The van der Waals surface area contributed by atoms with Crippen LogP contribution >= 0.6 is 11.3 Å². The van der Waals surface area contributed by atoms with Crippen LogP contribution in [0.25, 0.3) is 11.3 Å². The van der Waals surface area contributed by atoms with Gasteiger partial charge in [-0.25, -0.2) is 4.98 Å². The van der Waals surface area contributed by atoms with Gasteiger partial charge in [-0.3, -0.25) is 9.59 Å². The third kappa shape index (κ3) is 4.54. The van der Waals surface area contributed by atoms with Crippen molar-refractivity contribution in [3.8, 4) is 11.3 Å². The number of Topliss-reactive ketones (excluding diaryl/α,β-unsaturated/α-hetero) is 1. The highest BCUT2D eigenvalue weighted by atomic mass is 32.1. The molecule has 6 heteroatoms. The molecule has 0 saturated heterocycles. The number of carbonyl (C=O) groups excluding carboxylic acids is 2. The number of benzene rings is 1. The Labute approximate surface area is 199 Å². The summed E-state index contributed by atoms with van der Waals surface area (Å²) < 4.78 is 2.34. The Bertz CT molecular complexity index is 1150. The average molecular weight is 462 g/mol. The fourth-order valence-electron chi connectivity index (χ4n) is 5.65. The van der Waals surface area contributed by atoms with Gasteiger partial charge in [0.1, 0.15) is 5.78 Å². The first-order valence-electron chi connectivity index (χ1n) is 12.0. The Morgan fingerprint density at radius 2 is 1.88 bits per heavy atom. The van der Waals surface area contributed by atoms with Crippen LogP contribution in [-0.2, 0) is 22.6 Å². The van der Waals surface area contributed by atoms with Crippen LogP contribution in [0.15, 0.2) is 41.8 Å². The third-order valence-corrected chi connectivity index (χ3v) is 8.23. The minimum Gasteiger partial charge on any atom is -0.348 e. The zero-order chi connectivity index (χ0) is 22.9. The number of anilines is 1. The summed E-state index contributed by atoms with van der Waals surface area (Å²) in [5, 5.41) is 5.71. The van der Waals surface area contributed by atoms with Crippen molar-refractivity contribution in [2.45, 2.75) is 58.9 Å². The molecule has 0 aliphatic heterocycles. The van der Waals surface area contributed by atoms with Crippen LogP contribution in [-0.4, -0.2) is 21.2 Å². The van der Waals surface area contributed by atoms with Gasteiger partial charge in [-0.2, -0.15) is 0 Å². The second-order valence-electron chi connectivity index (χ2n) is 9.59. The Hall–Kier alpha value is -2.73. The maximum Gasteiger partial charge on any atom is 0.229 e. The van der Waals surface area contributed by atoms with E-state index >= 15 is 0 Å². The molecule has 2 aliphatic carbocycles. The standard InChI is InChI=1S/C27H31N3O2S/c1-17-13-23(18(2)30(17)12-11-19-7-4-3-5-8-19)24-16-33-27(28-24)29-26(32)22-14-20-9-6-10-21(15-22)25(20)31/h3-5,7-8,13,16,20-22H,6,9-12,14-15H2,1-2H3,(H,28,29,32). The largest absolute Gasteiger partial charge is 0.348 e. The molecule has 0 spiro atoms. The van der Waals surface area contributed by atoms with E-state index in [9.17, 15) is 9.59 Å². The van der Waals surface area contributed by atoms with Crippen molar-refractivity contribution < 1.29 is 9.59 Å². The smallest absolute Gasteiger partial charge is 0.229 e. The van der Waals surface area contributed by atoms with E-state index in [2.05, 4.69) is 54.1 Å². The molecule has 1 aromatic carbocycles. The number of thiazole rings is 1. The molecule has 2 aromatic heterocycles. The quantitative estimate of drug-likeness (QED) is 0.504. The number of fused-ring (bicyclic) bond motifs is 2. The minimum atomic E-state index is -0.0756. The minimum absolute atomic E-state index is 0.0219. The maximum atomic E-state index is 12.9. The van der Waals surface area contributed by atoms with E-state index in [1.165, 1.54) is 28.3 Å². The van der Waals surface area contributed by atoms with Gasteiger partial charge in [0.25, 0.3) is 0 Å². The molecule has 2 unspecified atom stereocenters. The van der Waals surface area contributed by atoms with Crippen molar-refractivity contribution in [3.05, 3.63) is 58.7 Å². The zero-order valence-electron chi connectivity index (χ0n) is 19.3. The van der Waals surface area contributed by atoms with E-state index in [0.717, 1.165) is 43.5 Å². The third-order valence-electron chi connectivity index (χ3n) is 7.47. The summed E-state index contributed by atoms with van der Waals surface area (Å²) in [7, 11) is 0. The summed E-state index contributed by atoms with van der Waals surface area (Å²) in [6.07, 6.45) is 5.39. The topological polar surface area (TPSA) is 64.0 Å². The predicted octanol–water partition coefficient (Wildman–Crippen LogP) is 5.81. The fraction of sp³-hybridized carbons (Fsp3) is 0.444. The molecule has 0 radical (unpaired) electrons. The molecule has 3 aromatic rings. The molecule has 2 heterocycles. The van der Waals surface area contributed by atoms with Gasteiger partial charge < -0.3 is 9.88 Å². The summed E-state index contributed by atoms with van der Waals surface area (Å²) in [6, 6.07) is 12.7. The number of aromatic nitrogens is 2. The van der Waals surface area contributed by atoms with Gasteiger partial charge in [0, 0.05) is 46.6 Å². The second kappa shape index (κ2) is 9.26. The van der Waals surface area contributed by atoms with E-state index in [1.54, 1.807) is 0 Å². The highest BCUT2D eigenvalue weighted by Gasteiger charge is 2.41. The summed E-state index contributed by atoms with van der Waals surface area (Å²) in [6.45, 7) is 5.21. The molecule has 2 fully saturated rings. The molecule has 2 saturated carbocycles. The van der Waals surface area contributed by atoms with Crippen LogP contribution in [0.1, 0.15) is 49.1 Å². The van der Waals surface area contributed by atoms with Crippen LogP contribution in [0.3, 0.4) is 0 Å². The molecule has 2 aliphatic rings. The van der Waals surface area contributed by atoms with Crippen molar-refractivity contribution in [3.63, 3.8) is 0 Å². The van der Waals surface area contributed by atoms with E-state index in [4.69, 9.17) is 4.98 Å². The van der Waals surface area contributed by atoms with Gasteiger partial charge in [-0.15, -0.1) is 11.3 Å². The van der Waals surface area contributed by atoms with Gasteiger partial charge in [0.2, 0.25) is 5.91 Å². The number of nitrogens with zero attached hydrogens (tertiary/aromatic N) is 2. The number of aryl methyl sites for hydroxylation is 2. The molecular weight excluding hydrogens is 430 g/mol. The molecule has 5 nitrogen and oxygen atoms in total. The highest BCUT2D eigenvalue weighted by molar-refractivity contribution is 7.14. The number of ketones is 1. The number of carbonyl (C=O) groups is 2. The first-order valence-corrected chi connectivity index (χ1v) is 12.9. The van der Waals surface area contributed by atoms with E-state index < -0.39 is 0 Å². The first-order chi connectivity index (χ1) is 16.0. The molecule has 1 amide bonds. The maximum absolute atomic E-state index is 12.9. The molecule has 5 rings (SSSR count). The fourth-order valence-corrected chi connectivity index (χ4v) is 6.36. The molecule has 2 bridgehead atoms. The lowest BCUT2D eigenvalue weighted by molar-refractivity contribution is -0.136. The first kappa shape index (κ1) is 22.1. The lowest BCUT2D eigenvalue weighted by Gasteiger charge is -2.36. The number of amides is 1. The van der Waals surface area contributed by atoms with Crippen molar-refractivity contribution in [2.24, 2.45) is 17.8 Å². The number of hydrogen-bond donors (Lipinski definition) is 1. The Morgan fingerprint density at radius 3 is 2.61 bits per heavy atom. The average Bonchev–Trinajstić information content (AvgIpc) is 3.36. The zero-order valence-corrected chi connectivity index (χ0v) is 20.2. The molecule has 2 atom stereocenters. The lowest BCUT2D eigenvalue weighted by Crippen LogP contribution is -2.40. The molecule has 172 valence electrons. The molecule has 1 N–H and O–H groups in total.